The van der Waals surface area contributed by atoms with E-state index in [0.29, 0.717) is 25.9 Å². The molecule has 1 unspecified atom stereocenters. The summed E-state index contributed by atoms with van der Waals surface area (Å²) in [5.74, 6) is -1.30. The molecule has 1 aliphatic carbocycles. The molecule has 0 bridgehead atoms. The summed E-state index contributed by atoms with van der Waals surface area (Å²) >= 11 is 0. The lowest BCUT2D eigenvalue weighted by Crippen LogP contribution is -2.32. The Labute approximate surface area is 200 Å². The smallest absolute Gasteiger partial charge is 0.407 e. The largest absolute Gasteiger partial charge is 0.481 e. The molecule has 34 heavy (non-hydrogen) atoms. The molecule has 1 fully saturated rings. The van der Waals surface area contributed by atoms with Gasteiger partial charge < -0.3 is 20.1 Å². The summed E-state index contributed by atoms with van der Waals surface area (Å²) < 4.78 is 5.55. The highest BCUT2D eigenvalue weighted by molar-refractivity contribution is 5.80. The molecule has 1 saturated heterocycles. The van der Waals surface area contributed by atoms with Gasteiger partial charge in [-0.05, 0) is 40.5 Å². The number of hydrogen-bond acceptors (Lipinski definition) is 4. The predicted molar refractivity (Wildman–Crippen MR) is 128 cm³/mol. The Balaban J connectivity index is 1.20. The fourth-order valence-electron chi connectivity index (χ4n) is 5.09. The number of carboxylic acid groups (broad SMARTS) is 1. The van der Waals surface area contributed by atoms with Crippen molar-refractivity contribution in [3.63, 3.8) is 0 Å². The van der Waals surface area contributed by atoms with Crippen LogP contribution < -0.4 is 5.32 Å². The number of hydrogen-bond donors (Lipinski definition) is 2. The number of aliphatic carboxylic acids is 1. The molecule has 3 atom stereocenters. The van der Waals surface area contributed by atoms with Crippen molar-refractivity contribution in [1.29, 1.82) is 0 Å². The molecule has 0 radical (unpaired) electrons. The fourth-order valence-corrected chi connectivity index (χ4v) is 5.09. The third-order valence-electron chi connectivity index (χ3n) is 7.06. The zero-order valence-electron chi connectivity index (χ0n) is 19.7. The zero-order chi connectivity index (χ0) is 24.2. The van der Waals surface area contributed by atoms with Crippen molar-refractivity contribution in [3.05, 3.63) is 59.7 Å². The molecule has 2 amide bonds. The average Bonchev–Trinajstić information content (AvgIpc) is 3.36. The number of nitrogens with one attached hydrogen (secondary N) is 1. The van der Waals surface area contributed by atoms with E-state index < -0.39 is 18.0 Å². The zero-order valence-corrected chi connectivity index (χ0v) is 19.7. The van der Waals surface area contributed by atoms with Gasteiger partial charge in [-0.25, -0.2) is 4.79 Å². The first kappa shape index (κ1) is 23.8. The second-order valence-electron chi connectivity index (χ2n) is 9.57. The van der Waals surface area contributed by atoms with Crippen LogP contribution in [-0.2, 0) is 14.3 Å². The standard InChI is InChI=1S/C27H32N2O5/c1-17(13-25(30)29-14-18(2)23(15-29)26(31)32)11-12-28-27(33)34-16-24-21-9-5-3-7-19(21)20-8-4-6-10-22(20)24/h3-10,17-18,23-24H,11-16H2,1-2H3,(H,28,33)(H,31,32)/t17?,18-,23-/m1/s1. The van der Waals surface area contributed by atoms with Gasteiger partial charge in [-0.3, -0.25) is 9.59 Å². The number of alkyl carbamates (subject to hydrolysis) is 1. The Morgan fingerprint density at radius 1 is 1.06 bits per heavy atom. The molecule has 1 heterocycles. The van der Waals surface area contributed by atoms with Gasteiger partial charge in [-0.2, -0.15) is 0 Å². The number of benzene rings is 2. The molecule has 1 aliphatic heterocycles. The molecule has 0 saturated carbocycles. The molecule has 2 aromatic carbocycles. The maximum Gasteiger partial charge on any atom is 0.407 e. The van der Waals surface area contributed by atoms with Crippen molar-refractivity contribution >= 4 is 18.0 Å². The van der Waals surface area contributed by atoms with Crippen molar-refractivity contribution in [2.45, 2.75) is 32.6 Å². The third-order valence-corrected chi connectivity index (χ3v) is 7.06. The maximum absolute atomic E-state index is 12.5. The van der Waals surface area contributed by atoms with Crippen LogP contribution in [0.3, 0.4) is 0 Å². The third kappa shape index (κ3) is 5.08. The van der Waals surface area contributed by atoms with Crippen molar-refractivity contribution in [2.75, 3.05) is 26.2 Å². The van der Waals surface area contributed by atoms with Gasteiger partial charge in [-0.1, -0.05) is 62.4 Å². The van der Waals surface area contributed by atoms with E-state index in [1.165, 1.54) is 22.3 Å². The van der Waals surface area contributed by atoms with E-state index in [1.807, 2.05) is 38.1 Å². The lowest BCUT2D eigenvalue weighted by atomic mass is 9.98. The van der Waals surface area contributed by atoms with Gasteiger partial charge in [0.1, 0.15) is 6.61 Å². The van der Waals surface area contributed by atoms with Crippen LogP contribution in [0.25, 0.3) is 11.1 Å². The highest BCUT2D eigenvalue weighted by Gasteiger charge is 2.37. The lowest BCUT2D eigenvalue weighted by Gasteiger charge is -2.19. The van der Waals surface area contributed by atoms with Crippen molar-refractivity contribution in [2.24, 2.45) is 17.8 Å². The maximum atomic E-state index is 12.5. The fraction of sp³-hybridized carbons (Fsp3) is 0.444. The molecule has 2 N–H and O–H groups in total. The number of amides is 2. The average molecular weight is 465 g/mol. The van der Waals surface area contributed by atoms with E-state index in [0.717, 1.165) is 0 Å². The molecule has 7 nitrogen and oxygen atoms in total. The number of carboxylic acids is 1. The summed E-state index contributed by atoms with van der Waals surface area (Å²) in [4.78, 5) is 37.8. The predicted octanol–water partition coefficient (Wildman–Crippen LogP) is 4.12. The number of ether oxygens (including phenoxy) is 1. The highest BCUT2D eigenvalue weighted by atomic mass is 16.5. The molecule has 7 heteroatoms. The van der Waals surface area contributed by atoms with Crippen LogP contribution in [0.5, 0.6) is 0 Å². The van der Waals surface area contributed by atoms with E-state index in [1.54, 1.807) is 4.90 Å². The molecule has 0 aromatic heterocycles. The van der Waals surface area contributed by atoms with E-state index in [-0.39, 0.29) is 36.8 Å². The van der Waals surface area contributed by atoms with Crippen LogP contribution in [0.1, 0.15) is 43.7 Å². The van der Waals surface area contributed by atoms with E-state index in [2.05, 4.69) is 29.6 Å². The van der Waals surface area contributed by atoms with E-state index in [9.17, 15) is 19.5 Å². The van der Waals surface area contributed by atoms with E-state index in [4.69, 9.17) is 4.74 Å². The second kappa shape index (κ2) is 10.3. The van der Waals surface area contributed by atoms with Crippen molar-refractivity contribution < 1.29 is 24.2 Å². The minimum absolute atomic E-state index is 0.0205. The Bertz CT molecular complexity index is 1020. The summed E-state index contributed by atoms with van der Waals surface area (Å²) in [6, 6.07) is 16.4. The normalized spacial score (nSPS) is 19.9. The number of carbonyl (C=O) groups excluding carboxylic acids is 2. The first-order chi connectivity index (χ1) is 16.3. The topological polar surface area (TPSA) is 95.9 Å². The molecule has 2 aliphatic rings. The van der Waals surface area contributed by atoms with Crippen LogP contribution in [0.15, 0.2) is 48.5 Å². The minimum atomic E-state index is -0.844. The van der Waals surface area contributed by atoms with Gasteiger partial charge >= 0.3 is 12.1 Å². The molecule has 4 rings (SSSR count). The summed E-state index contributed by atoms with van der Waals surface area (Å²) in [5.41, 5.74) is 4.72. The molecule has 180 valence electrons. The van der Waals surface area contributed by atoms with Gasteiger partial charge in [0.05, 0.1) is 5.92 Å². The van der Waals surface area contributed by atoms with Crippen LogP contribution >= 0.6 is 0 Å². The molecular formula is C27H32N2O5. The van der Waals surface area contributed by atoms with Crippen LogP contribution in [-0.4, -0.2) is 54.2 Å². The van der Waals surface area contributed by atoms with Crippen molar-refractivity contribution in [1.82, 2.24) is 10.2 Å². The minimum Gasteiger partial charge on any atom is -0.481 e. The number of likely N-dealkylation sites (tertiary alicyclic amines) is 1. The second-order valence-corrected chi connectivity index (χ2v) is 9.57. The van der Waals surface area contributed by atoms with Crippen LogP contribution in [0, 0.1) is 17.8 Å². The number of nitrogens with zero attached hydrogens (tertiary/aromatic N) is 1. The van der Waals surface area contributed by atoms with Gasteiger partial charge in [-0.15, -0.1) is 0 Å². The molecular weight excluding hydrogens is 432 g/mol. The van der Waals surface area contributed by atoms with Crippen molar-refractivity contribution in [3.8, 4) is 11.1 Å². The van der Waals surface area contributed by atoms with Gasteiger partial charge in [0.2, 0.25) is 5.91 Å². The number of fused-ring (bicyclic) bond motifs is 3. The molecule has 0 spiro atoms. The summed E-state index contributed by atoms with van der Waals surface area (Å²) in [6.07, 6.45) is 0.519. The van der Waals surface area contributed by atoms with Gasteiger partial charge in [0.15, 0.2) is 0 Å². The van der Waals surface area contributed by atoms with Gasteiger partial charge in [0.25, 0.3) is 0 Å². The summed E-state index contributed by atoms with van der Waals surface area (Å²) in [7, 11) is 0. The van der Waals surface area contributed by atoms with Crippen LogP contribution in [0.4, 0.5) is 4.79 Å². The highest BCUT2D eigenvalue weighted by Crippen LogP contribution is 2.44. The van der Waals surface area contributed by atoms with Gasteiger partial charge in [0, 0.05) is 32.0 Å². The number of rotatable bonds is 8. The first-order valence-electron chi connectivity index (χ1n) is 11.9. The summed E-state index contributed by atoms with van der Waals surface area (Å²) in [5, 5.41) is 12.0. The first-order valence-corrected chi connectivity index (χ1v) is 11.9. The number of carbonyl (C=O) groups is 3. The summed E-state index contributed by atoms with van der Waals surface area (Å²) in [6.45, 7) is 5.28. The Kier molecular flexibility index (Phi) is 7.20. The van der Waals surface area contributed by atoms with E-state index >= 15 is 0 Å². The quantitative estimate of drug-likeness (QED) is 0.613. The monoisotopic (exact) mass is 464 g/mol. The Morgan fingerprint density at radius 2 is 1.68 bits per heavy atom. The SMILES string of the molecule is CC(CCNC(=O)OCC1c2ccccc2-c2ccccc21)CC(=O)N1C[C@@H](C)[C@H](C(=O)O)C1. The Morgan fingerprint density at radius 3 is 2.26 bits per heavy atom. The Hall–Kier alpha value is -3.35. The van der Waals surface area contributed by atoms with Crippen LogP contribution in [0.2, 0.25) is 0 Å². The molecule has 2 aromatic rings. The lowest BCUT2D eigenvalue weighted by molar-refractivity contribution is -0.142.